The number of likely N-dealkylation sites (tertiary alicyclic amines) is 1. The summed E-state index contributed by atoms with van der Waals surface area (Å²) in [6, 6.07) is 1.31. The first-order chi connectivity index (χ1) is 6.15. The van der Waals surface area contributed by atoms with Gasteiger partial charge in [-0.05, 0) is 33.1 Å². The first-order valence-corrected chi connectivity index (χ1v) is 5.59. The Morgan fingerprint density at radius 2 is 1.85 bits per heavy atom. The predicted octanol–water partition coefficient (Wildman–Crippen LogP) is 2.02. The van der Waals surface area contributed by atoms with Gasteiger partial charge in [-0.15, -0.1) is 0 Å². The van der Waals surface area contributed by atoms with Crippen molar-refractivity contribution in [3.63, 3.8) is 0 Å². The third-order valence-electron chi connectivity index (χ3n) is 3.27. The van der Waals surface area contributed by atoms with Crippen LogP contribution < -0.4 is 0 Å². The van der Waals surface area contributed by atoms with Gasteiger partial charge in [0.25, 0.3) is 0 Å². The molecule has 1 saturated heterocycles. The molecule has 1 heterocycles. The van der Waals surface area contributed by atoms with E-state index in [4.69, 9.17) is 0 Å². The number of aliphatic hydroxyl groups excluding tert-OH is 1. The summed E-state index contributed by atoms with van der Waals surface area (Å²) >= 11 is 0. The molecule has 13 heavy (non-hydrogen) atoms. The van der Waals surface area contributed by atoms with Crippen molar-refractivity contribution in [2.45, 2.75) is 64.6 Å². The number of rotatable bonds is 3. The van der Waals surface area contributed by atoms with E-state index in [-0.39, 0.29) is 6.10 Å². The zero-order chi connectivity index (χ0) is 9.84. The van der Waals surface area contributed by atoms with Crippen LogP contribution in [0.3, 0.4) is 0 Å². The Kier molecular flexibility index (Phi) is 4.20. The van der Waals surface area contributed by atoms with Gasteiger partial charge in [-0.25, -0.2) is 0 Å². The number of nitrogens with zero attached hydrogens (tertiary/aromatic N) is 1. The van der Waals surface area contributed by atoms with E-state index in [1.807, 2.05) is 6.92 Å². The minimum absolute atomic E-state index is 0.136. The summed E-state index contributed by atoms with van der Waals surface area (Å²) in [5.41, 5.74) is 0. The maximum absolute atomic E-state index is 9.60. The average Bonchev–Trinajstić information content (AvgIpc) is 2.11. The van der Waals surface area contributed by atoms with E-state index in [0.717, 1.165) is 13.0 Å². The van der Waals surface area contributed by atoms with E-state index < -0.39 is 0 Å². The van der Waals surface area contributed by atoms with Gasteiger partial charge in [0, 0.05) is 18.6 Å². The minimum atomic E-state index is -0.136. The molecule has 2 nitrogen and oxygen atoms in total. The van der Waals surface area contributed by atoms with Crippen LogP contribution in [0.5, 0.6) is 0 Å². The molecule has 0 saturated carbocycles. The second kappa shape index (κ2) is 4.97. The molecule has 2 heteroatoms. The standard InChI is InChI=1S/C11H23NO/c1-4-11(13)8-12-9(2)6-5-7-10(12)3/h9-11,13H,4-8H2,1-3H3/t9-,10+,11?. The van der Waals surface area contributed by atoms with Crippen molar-refractivity contribution in [3.8, 4) is 0 Å². The van der Waals surface area contributed by atoms with Crippen molar-refractivity contribution in [1.82, 2.24) is 4.90 Å². The molecule has 0 aliphatic carbocycles. The van der Waals surface area contributed by atoms with Gasteiger partial charge < -0.3 is 5.11 Å². The summed E-state index contributed by atoms with van der Waals surface area (Å²) < 4.78 is 0. The minimum Gasteiger partial charge on any atom is -0.392 e. The SMILES string of the molecule is CCC(O)CN1[C@H](C)CCC[C@@H]1C. The van der Waals surface area contributed by atoms with E-state index in [2.05, 4.69) is 18.7 Å². The van der Waals surface area contributed by atoms with Crippen LogP contribution in [0.2, 0.25) is 0 Å². The molecule has 1 fully saturated rings. The van der Waals surface area contributed by atoms with Crippen LogP contribution in [0, 0.1) is 0 Å². The largest absolute Gasteiger partial charge is 0.392 e. The predicted molar refractivity (Wildman–Crippen MR) is 55.8 cm³/mol. The molecule has 3 atom stereocenters. The van der Waals surface area contributed by atoms with Crippen molar-refractivity contribution in [1.29, 1.82) is 0 Å². The van der Waals surface area contributed by atoms with E-state index >= 15 is 0 Å². The number of hydrogen-bond donors (Lipinski definition) is 1. The smallest absolute Gasteiger partial charge is 0.0664 e. The second-order valence-electron chi connectivity index (χ2n) is 4.39. The Morgan fingerprint density at radius 1 is 1.31 bits per heavy atom. The molecule has 78 valence electrons. The van der Waals surface area contributed by atoms with Crippen LogP contribution in [-0.4, -0.2) is 34.7 Å². The molecule has 0 aromatic heterocycles. The van der Waals surface area contributed by atoms with E-state index in [1.165, 1.54) is 19.3 Å². The fourth-order valence-electron chi connectivity index (χ4n) is 2.21. The van der Waals surface area contributed by atoms with Crippen LogP contribution in [-0.2, 0) is 0 Å². The zero-order valence-corrected chi connectivity index (χ0v) is 9.16. The third kappa shape index (κ3) is 2.96. The van der Waals surface area contributed by atoms with Crippen molar-refractivity contribution in [2.24, 2.45) is 0 Å². The van der Waals surface area contributed by atoms with Gasteiger partial charge >= 0.3 is 0 Å². The molecule has 0 radical (unpaired) electrons. The van der Waals surface area contributed by atoms with Crippen LogP contribution in [0.25, 0.3) is 0 Å². The number of β-amino-alcohol motifs (C(OH)–C–C–N with tert-alkyl or cyclic N) is 1. The van der Waals surface area contributed by atoms with Crippen LogP contribution in [0.4, 0.5) is 0 Å². The molecule has 1 aliphatic heterocycles. The van der Waals surface area contributed by atoms with Crippen LogP contribution in [0.1, 0.15) is 46.5 Å². The lowest BCUT2D eigenvalue weighted by molar-refractivity contribution is 0.0403. The van der Waals surface area contributed by atoms with Gasteiger partial charge in [-0.2, -0.15) is 0 Å². The summed E-state index contributed by atoms with van der Waals surface area (Å²) in [6.07, 6.45) is 4.67. The Hall–Kier alpha value is -0.0800. The monoisotopic (exact) mass is 185 g/mol. The molecule has 1 N–H and O–H groups in total. The van der Waals surface area contributed by atoms with Gasteiger partial charge in [0.15, 0.2) is 0 Å². The van der Waals surface area contributed by atoms with Crippen LogP contribution >= 0.6 is 0 Å². The van der Waals surface area contributed by atoms with Gasteiger partial charge in [0.2, 0.25) is 0 Å². The van der Waals surface area contributed by atoms with Gasteiger partial charge in [-0.3, -0.25) is 4.90 Å². The normalized spacial score (nSPS) is 33.2. The first-order valence-electron chi connectivity index (χ1n) is 5.59. The van der Waals surface area contributed by atoms with E-state index in [0.29, 0.717) is 12.1 Å². The third-order valence-corrected chi connectivity index (χ3v) is 3.27. The summed E-state index contributed by atoms with van der Waals surface area (Å²) in [7, 11) is 0. The first kappa shape index (κ1) is 11.0. The summed E-state index contributed by atoms with van der Waals surface area (Å²) in [5, 5.41) is 9.60. The molecular weight excluding hydrogens is 162 g/mol. The summed E-state index contributed by atoms with van der Waals surface area (Å²) in [6.45, 7) is 7.46. The highest BCUT2D eigenvalue weighted by molar-refractivity contribution is 4.80. The Morgan fingerprint density at radius 3 is 2.31 bits per heavy atom. The Labute approximate surface area is 81.9 Å². The van der Waals surface area contributed by atoms with Crippen molar-refractivity contribution in [2.75, 3.05) is 6.54 Å². The number of aliphatic hydroxyl groups is 1. The molecular formula is C11H23NO. The lowest BCUT2D eigenvalue weighted by atomic mass is 9.97. The molecule has 1 rings (SSSR count). The Balaban J connectivity index is 2.43. The molecule has 0 bridgehead atoms. The van der Waals surface area contributed by atoms with Gasteiger partial charge in [0.05, 0.1) is 6.10 Å². The lowest BCUT2D eigenvalue weighted by Crippen LogP contribution is -2.47. The van der Waals surface area contributed by atoms with Gasteiger partial charge in [-0.1, -0.05) is 13.3 Å². The Bertz CT molecular complexity index is 139. The topological polar surface area (TPSA) is 23.5 Å². The zero-order valence-electron chi connectivity index (χ0n) is 9.16. The fourth-order valence-corrected chi connectivity index (χ4v) is 2.21. The maximum atomic E-state index is 9.60. The molecule has 1 unspecified atom stereocenters. The maximum Gasteiger partial charge on any atom is 0.0664 e. The quantitative estimate of drug-likeness (QED) is 0.727. The highest BCUT2D eigenvalue weighted by Crippen LogP contribution is 2.22. The highest BCUT2D eigenvalue weighted by Gasteiger charge is 2.25. The summed E-state index contributed by atoms with van der Waals surface area (Å²) in [5.74, 6) is 0. The lowest BCUT2D eigenvalue weighted by Gasteiger charge is -2.39. The van der Waals surface area contributed by atoms with E-state index in [1.54, 1.807) is 0 Å². The van der Waals surface area contributed by atoms with E-state index in [9.17, 15) is 5.11 Å². The van der Waals surface area contributed by atoms with Crippen molar-refractivity contribution in [3.05, 3.63) is 0 Å². The molecule has 1 aliphatic rings. The molecule has 0 aromatic carbocycles. The highest BCUT2D eigenvalue weighted by atomic mass is 16.3. The number of piperidine rings is 1. The van der Waals surface area contributed by atoms with Crippen molar-refractivity contribution < 1.29 is 5.11 Å². The van der Waals surface area contributed by atoms with Gasteiger partial charge in [0.1, 0.15) is 0 Å². The summed E-state index contributed by atoms with van der Waals surface area (Å²) in [4.78, 5) is 2.46. The fraction of sp³-hybridized carbons (Fsp3) is 1.00. The molecule has 0 aromatic rings. The van der Waals surface area contributed by atoms with Crippen LogP contribution in [0.15, 0.2) is 0 Å². The second-order valence-corrected chi connectivity index (χ2v) is 4.39. The van der Waals surface area contributed by atoms with Crippen molar-refractivity contribution >= 4 is 0 Å². The average molecular weight is 185 g/mol. The molecule has 0 spiro atoms. The molecule has 0 amide bonds. The number of hydrogen-bond acceptors (Lipinski definition) is 2.